The molecule has 3 heteroatoms. The number of rotatable bonds is 2. The van der Waals surface area contributed by atoms with Crippen molar-refractivity contribution in [1.29, 1.82) is 0 Å². The minimum Gasteiger partial charge on any atom is -0.470 e. The van der Waals surface area contributed by atoms with Gasteiger partial charge in [0.2, 0.25) is 0 Å². The molecule has 0 aliphatic rings. The van der Waals surface area contributed by atoms with Crippen molar-refractivity contribution in [2.75, 3.05) is 14.1 Å². The van der Waals surface area contributed by atoms with E-state index in [1.54, 1.807) is 5.06 Å². The summed E-state index contributed by atoms with van der Waals surface area (Å²) in [5.74, 6) is 0. The van der Waals surface area contributed by atoms with Crippen LogP contribution in [-0.4, -0.2) is 19.2 Å². The quantitative estimate of drug-likeness (QED) is 0.544. The van der Waals surface area contributed by atoms with Gasteiger partial charge in [-0.05, 0) is 0 Å². The zero-order valence-electron chi connectivity index (χ0n) is 7.86. The van der Waals surface area contributed by atoms with Crippen LogP contribution in [0.2, 0.25) is 0 Å². The van der Waals surface area contributed by atoms with Crippen molar-refractivity contribution in [1.82, 2.24) is 5.06 Å². The van der Waals surface area contributed by atoms with Gasteiger partial charge in [-0.15, -0.1) is 0 Å². The molecular formula is C7H18NOU. The molecule has 0 fully saturated rings. The van der Waals surface area contributed by atoms with Gasteiger partial charge in [0.1, 0.15) is 0 Å². The Hall–Kier alpha value is 0.972. The minimum atomic E-state index is 0. The molecule has 0 bridgehead atoms. The second-order valence-corrected chi connectivity index (χ2v) is 1.81. The molecular weight excluding hydrogens is 352 g/mol. The Morgan fingerprint density at radius 3 is 1.40 bits per heavy atom. The average molecular weight is 370 g/mol. The molecule has 0 N–H and O–H groups in total. The number of nitrogens with zero attached hydrogens (tertiary/aromatic N) is 1. The predicted molar refractivity (Wildman–Crippen MR) is 42.2 cm³/mol. The van der Waals surface area contributed by atoms with Gasteiger partial charge in [0.05, 0.1) is 0 Å². The standard InChI is InChI=1S/C5H12NO.2CH3.U/c1-5(2)7-6(3)4;;;/h1-4H3;2*1H3;/q3*-1;+3. The summed E-state index contributed by atoms with van der Waals surface area (Å²) in [7, 11) is 3.71. The molecule has 0 unspecified atom stereocenters. The summed E-state index contributed by atoms with van der Waals surface area (Å²) in [6, 6.07) is 0. The third-order valence-corrected chi connectivity index (χ3v) is 0.365. The van der Waals surface area contributed by atoms with Crippen LogP contribution in [0.5, 0.6) is 0 Å². The Balaban J connectivity index is -0.0000000600. The number of hydrogen-bond donors (Lipinski definition) is 0. The fourth-order valence-corrected chi connectivity index (χ4v) is 0.365. The van der Waals surface area contributed by atoms with Gasteiger partial charge in [-0.2, -0.15) is 20.0 Å². The van der Waals surface area contributed by atoms with E-state index in [1.165, 1.54) is 0 Å². The van der Waals surface area contributed by atoms with E-state index in [-0.39, 0.29) is 46.0 Å². The third-order valence-electron chi connectivity index (χ3n) is 0.365. The van der Waals surface area contributed by atoms with Crippen molar-refractivity contribution >= 4 is 0 Å². The summed E-state index contributed by atoms with van der Waals surface area (Å²) >= 11 is 0. The van der Waals surface area contributed by atoms with E-state index in [1.807, 2.05) is 27.9 Å². The average Bonchev–Trinajstić information content (AvgIpc) is 1.27. The molecule has 10 heavy (non-hydrogen) atoms. The molecule has 0 aromatic carbocycles. The molecule has 0 aromatic heterocycles. The molecule has 61 valence electrons. The van der Waals surface area contributed by atoms with E-state index in [0.29, 0.717) is 0 Å². The van der Waals surface area contributed by atoms with Gasteiger partial charge < -0.3 is 19.7 Å². The Kier molecular flexibility index (Phi) is 28.4. The zero-order valence-corrected chi connectivity index (χ0v) is 12.0. The molecule has 0 saturated heterocycles. The van der Waals surface area contributed by atoms with Crippen LogP contribution < -0.4 is 0 Å². The van der Waals surface area contributed by atoms with Crippen LogP contribution in [0, 0.1) is 52.1 Å². The molecule has 0 aliphatic carbocycles. The first-order valence-corrected chi connectivity index (χ1v) is 2.28. The molecule has 1 radical (unpaired) electrons. The van der Waals surface area contributed by atoms with Gasteiger partial charge in [0.15, 0.2) is 0 Å². The maximum absolute atomic E-state index is 5.00. The van der Waals surface area contributed by atoms with Crippen molar-refractivity contribution in [3.05, 3.63) is 21.0 Å². The summed E-state index contributed by atoms with van der Waals surface area (Å²) in [5.41, 5.74) is 0. The van der Waals surface area contributed by atoms with Gasteiger partial charge in [-0.25, -0.2) is 5.06 Å². The van der Waals surface area contributed by atoms with Crippen LogP contribution in [0.15, 0.2) is 0 Å². The smallest absolute Gasteiger partial charge is 0.470 e. The van der Waals surface area contributed by atoms with Crippen LogP contribution in [0.4, 0.5) is 0 Å². The van der Waals surface area contributed by atoms with Gasteiger partial charge in [-0.1, -0.05) is 0 Å². The van der Waals surface area contributed by atoms with Crippen LogP contribution in [0.25, 0.3) is 0 Å². The van der Waals surface area contributed by atoms with E-state index >= 15 is 0 Å². The monoisotopic (exact) mass is 370 g/mol. The Morgan fingerprint density at radius 1 is 1.10 bits per heavy atom. The molecule has 0 atom stereocenters. The predicted octanol–water partition coefficient (Wildman–Crippen LogP) is 1.95. The van der Waals surface area contributed by atoms with E-state index in [9.17, 15) is 0 Å². The summed E-state index contributed by atoms with van der Waals surface area (Å²) in [6.07, 6.45) is 0.963. The van der Waals surface area contributed by atoms with Crippen molar-refractivity contribution in [2.24, 2.45) is 0 Å². The maximum atomic E-state index is 5.00. The number of hydroxylamine groups is 2. The Labute approximate surface area is 89.6 Å². The van der Waals surface area contributed by atoms with Crippen molar-refractivity contribution in [2.45, 2.75) is 13.8 Å². The minimum absolute atomic E-state index is 0. The van der Waals surface area contributed by atoms with Gasteiger partial charge in [0.25, 0.3) is 0 Å². The maximum Gasteiger partial charge on any atom is 3.00 e. The molecule has 0 amide bonds. The summed E-state index contributed by atoms with van der Waals surface area (Å²) < 4.78 is 0. The molecule has 0 spiro atoms. The van der Waals surface area contributed by atoms with Gasteiger partial charge in [-0.3, -0.25) is 0 Å². The normalized spacial score (nSPS) is 7.80. The fraction of sp³-hybridized carbons (Fsp3) is 0.571. The zero-order chi connectivity index (χ0) is 5.86. The van der Waals surface area contributed by atoms with Crippen molar-refractivity contribution in [3.8, 4) is 0 Å². The second-order valence-electron chi connectivity index (χ2n) is 1.81. The molecule has 2 nitrogen and oxygen atoms in total. The molecule has 0 rings (SSSR count). The van der Waals surface area contributed by atoms with Crippen LogP contribution in [0.1, 0.15) is 13.8 Å². The topological polar surface area (TPSA) is 12.5 Å². The summed E-state index contributed by atoms with van der Waals surface area (Å²) in [6.45, 7) is 3.83. The first-order valence-electron chi connectivity index (χ1n) is 2.28. The van der Waals surface area contributed by atoms with Crippen LogP contribution in [0.3, 0.4) is 0 Å². The second kappa shape index (κ2) is 12.6. The largest absolute Gasteiger partial charge is 3.00 e. The first-order chi connectivity index (χ1) is 3.13. The molecule has 0 heterocycles. The van der Waals surface area contributed by atoms with E-state index in [4.69, 9.17) is 4.84 Å². The van der Waals surface area contributed by atoms with Crippen LogP contribution >= 0.6 is 0 Å². The van der Waals surface area contributed by atoms with Crippen molar-refractivity contribution in [3.63, 3.8) is 0 Å². The first kappa shape index (κ1) is 22.4. The van der Waals surface area contributed by atoms with E-state index < -0.39 is 0 Å². The summed E-state index contributed by atoms with van der Waals surface area (Å²) in [4.78, 5) is 5.00. The Bertz CT molecular complexity index is 42.9. The van der Waals surface area contributed by atoms with E-state index in [0.717, 1.165) is 6.10 Å². The van der Waals surface area contributed by atoms with Crippen molar-refractivity contribution < 1.29 is 36.0 Å². The number of hydrogen-bond acceptors (Lipinski definition) is 2. The molecule has 0 aromatic rings. The van der Waals surface area contributed by atoms with Gasteiger partial charge in [0, 0.05) is 14.1 Å². The van der Waals surface area contributed by atoms with E-state index in [2.05, 4.69) is 0 Å². The summed E-state index contributed by atoms with van der Waals surface area (Å²) in [5, 5.41) is 1.66. The molecule has 0 saturated carbocycles. The van der Waals surface area contributed by atoms with Gasteiger partial charge >= 0.3 is 31.1 Å². The Morgan fingerprint density at radius 2 is 1.40 bits per heavy atom. The molecule has 0 aliphatic heterocycles. The SMILES string of the molecule is C[C-](C)ON(C)C.[CH3-].[CH3-].[U+3]. The fourth-order valence-electron chi connectivity index (χ4n) is 0.365. The third kappa shape index (κ3) is 23.1. The van der Waals surface area contributed by atoms with Crippen LogP contribution in [-0.2, 0) is 4.84 Å².